The minimum Gasteiger partial charge on any atom is -0.493 e. The van der Waals surface area contributed by atoms with Crippen molar-refractivity contribution in [2.24, 2.45) is 0 Å². The van der Waals surface area contributed by atoms with E-state index in [0.29, 0.717) is 37.2 Å². The number of anilines is 1. The lowest BCUT2D eigenvalue weighted by molar-refractivity contribution is -0.143. The van der Waals surface area contributed by atoms with E-state index in [0.717, 1.165) is 68.6 Å². The molecule has 2 atom stereocenters. The van der Waals surface area contributed by atoms with Crippen molar-refractivity contribution in [1.29, 1.82) is 0 Å². The van der Waals surface area contributed by atoms with Crippen LogP contribution in [0.4, 0.5) is 10.2 Å². The lowest BCUT2D eigenvalue weighted by atomic mass is 9.98. The minimum absolute atomic E-state index is 0.0463. The Balaban J connectivity index is 1.12. The van der Waals surface area contributed by atoms with Crippen molar-refractivity contribution >= 4 is 11.8 Å². The molecule has 0 radical (unpaired) electrons. The monoisotopic (exact) mass is 552 g/mol. The average molecular weight is 553 g/mol. The molecule has 2 N–H and O–H groups in total. The number of ether oxygens (including phenoxy) is 2. The summed E-state index contributed by atoms with van der Waals surface area (Å²) in [6, 6.07) is 6.36. The fourth-order valence-corrected chi connectivity index (χ4v) is 5.70. The number of methoxy groups -OCH3 is 1. The number of hydrogen-bond donors (Lipinski definition) is 2. The molecule has 2 aliphatic rings. The lowest BCUT2D eigenvalue weighted by Crippen LogP contribution is -2.34. The van der Waals surface area contributed by atoms with Crippen molar-refractivity contribution in [3.63, 3.8) is 0 Å². The fourth-order valence-electron chi connectivity index (χ4n) is 5.70. The van der Waals surface area contributed by atoms with Gasteiger partial charge in [0.2, 0.25) is 0 Å². The van der Waals surface area contributed by atoms with Crippen LogP contribution < -0.4 is 10.1 Å². The molecule has 0 saturated carbocycles. The maximum Gasteiger partial charge on any atom is 0.325 e. The van der Waals surface area contributed by atoms with Gasteiger partial charge in [0.05, 0.1) is 19.4 Å². The number of hydrogen-bond acceptors (Lipinski definition) is 8. The summed E-state index contributed by atoms with van der Waals surface area (Å²) in [5, 5.41) is 17.2. The molecule has 2 aliphatic heterocycles. The van der Waals surface area contributed by atoms with E-state index in [-0.39, 0.29) is 11.9 Å². The van der Waals surface area contributed by atoms with Crippen LogP contribution in [0.15, 0.2) is 41.2 Å². The third-order valence-electron chi connectivity index (χ3n) is 7.68. The molecule has 10 heteroatoms. The van der Waals surface area contributed by atoms with E-state index >= 15 is 0 Å². The van der Waals surface area contributed by atoms with Gasteiger partial charge in [0.1, 0.15) is 18.1 Å². The highest BCUT2D eigenvalue weighted by Crippen LogP contribution is 2.36. The number of rotatable bonds is 13. The van der Waals surface area contributed by atoms with E-state index in [1.165, 1.54) is 25.0 Å². The summed E-state index contributed by atoms with van der Waals surface area (Å²) in [4.78, 5) is 19.0. The Labute approximate surface area is 233 Å². The van der Waals surface area contributed by atoms with Gasteiger partial charge in [0, 0.05) is 49.5 Å². The second-order valence-electron chi connectivity index (χ2n) is 10.6. The van der Waals surface area contributed by atoms with Crippen LogP contribution in [0.5, 0.6) is 5.75 Å². The van der Waals surface area contributed by atoms with Gasteiger partial charge in [-0.25, -0.2) is 9.37 Å². The molecule has 4 heterocycles. The minimum atomic E-state index is -1.05. The molecule has 0 spiro atoms. The zero-order valence-corrected chi connectivity index (χ0v) is 22.9. The molecule has 214 valence electrons. The van der Waals surface area contributed by atoms with Crippen LogP contribution >= 0.6 is 0 Å². The van der Waals surface area contributed by atoms with E-state index in [1.54, 1.807) is 12.3 Å². The summed E-state index contributed by atoms with van der Waals surface area (Å²) < 4.78 is 31.3. The molecule has 5 rings (SSSR count). The van der Waals surface area contributed by atoms with Gasteiger partial charge in [-0.3, -0.25) is 9.69 Å². The molecular weight excluding hydrogens is 515 g/mol. The van der Waals surface area contributed by atoms with E-state index in [1.807, 2.05) is 4.90 Å². The Morgan fingerprint density at radius 1 is 1.27 bits per heavy atom. The maximum absolute atomic E-state index is 15.0. The Morgan fingerprint density at radius 3 is 2.98 bits per heavy atom. The van der Waals surface area contributed by atoms with Gasteiger partial charge in [0.15, 0.2) is 11.6 Å². The Morgan fingerprint density at radius 2 is 2.17 bits per heavy atom. The first kappa shape index (κ1) is 28.0. The summed E-state index contributed by atoms with van der Waals surface area (Å²) >= 11 is 0. The number of aromatic nitrogens is 2. The number of pyridine rings is 1. The van der Waals surface area contributed by atoms with Gasteiger partial charge in [-0.05, 0) is 67.9 Å². The van der Waals surface area contributed by atoms with Gasteiger partial charge >= 0.3 is 5.97 Å². The molecule has 0 bridgehead atoms. The predicted octanol–water partition coefficient (Wildman–Crippen LogP) is 4.80. The number of aryl methyl sites for hydroxylation is 2. The first-order valence-corrected chi connectivity index (χ1v) is 14.1. The van der Waals surface area contributed by atoms with Gasteiger partial charge in [0.25, 0.3) is 0 Å². The van der Waals surface area contributed by atoms with E-state index in [2.05, 4.69) is 22.6 Å². The third-order valence-corrected chi connectivity index (χ3v) is 7.68. The average Bonchev–Trinajstić information content (AvgIpc) is 3.63. The van der Waals surface area contributed by atoms with Crippen molar-refractivity contribution < 1.29 is 28.3 Å². The normalized spacial score (nSPS) is 17.8. The number of unbranched alkanes of at least 4 members (excludes halogenated alkanes) is 2. The number of carboxylic acids is 1. The number of benzene rings is 1. The number of likely N-dealkylation sites (tertiary alicyclic amines) is 1. The Hall–Kier alpha value is -3.50. The zero-order chi connectivity index (χ0) is 27.9. The molecule has 1 saturated heterocycles. The highest BCUT2D eigenvalue weighted by Gasteiger charge is 2.36. The molecule has 40 heavy (non-hydrogen) atoms. The molecular formula is C30H37FN4O5. The number of halogens is 1. The van der Waals surface area contributed by atoms with Crippen LogP contribution in [-0.4, -0.2) is 65.6 Å². The van der Waals surface area contributed by atoms with E-state index < -0.39 is 17.8 Å². The number of fused-ring (bicyclic) bond motifs is 1. The smallest absolute Gasteiger partial charge is 0.325 e. The number of nitrogens with one attached hydrogen (secondary N) is 1. The predicted molar refractivity (Wildman–Crippen MR) is 147 cm³/mol. The second kappa shape index (κ2) is 13.2. The van der Waals surface area contributed by atoms with Gasteiger partial charge in [-0.2, -0.15) is 0 Å². The standard InChI is InChI=1S/C30H37FN4O5/c1-38-28-25(15-20(16-26(28)31)14-21-17-33-40-19-21)27(30(36)37)35-12-10-24(18-35)39-13-4-2-3-7-23-9-8-22-6-5-11-32-29(22)34-23/h8-9,15-17,19,24,27H,2-7,10-14,18H2,1H3,(H,32,34)(H,36,37)/t24-,27+/m1/s1. The van der Waals surface area contributed by atoms with E-state index in [9.17, 15) is 14.3 Å². The molecule has 0 unspecified atom stereocenters. The summed E-state index contributed by atoms with van der Waals surface area (Å²) in [5.41, 5.74) is 4.12. The highest BCUT2D eigenvalue weighted by molar-refractivity contribution is 5.77. The SMILES string of the molecule is COc1c(F)cc(Cc2cnoc2)cc1[C@@H](C(=O)O)N1CC[C@@H](OCCCCCc2ccc3c(n2)NCCC3)C1. The van der Waals surface area contributed by atoms with Crippen LogP contribution in [0.2, 0.25) is 0 Å². The van der Waals surface area contributed by atoms with Crippen LogP contribution in [0.3, 0.4) is 0 Å². The summed E-state index contributed by atoms with van der Waals surface area (Å²) in [5.74, 6) is -0.645. The summed E-state index contributed by atoms with van der Waals surface area (Å²) in [6.45, 7) is 2.62. The van der Waals surface area contributed by atoms with Crippen molar-refractivity contribution in [1.82, 2.24) is 15.0 Å². The second-order valence-corrected chi connectivity index (χ2v) is 10.6. The van der Waals surface area contributed by atoms with E-state index in [4.69, 9.17) is 19.0 Å². The molecule has 1 aromatic carbocycles. The first-order valence-electron chi connectivity index (χ1n) is 14.1. The summed E-state index contributed by atoms with van der Waals surface area (Å²) in [7, 11) is 1.36. The molecule has 0 aliphatic carbocycles. The zero-order valence-electron chi connectivity index (χ0n) is 22.9. The van der Waals surface area contributed by atoms with Gasteiger partial charge in [-0.1, -0.05) is 17.6 Å². The highest BCUT2D eigenvalue weighted by atomic mass is 19.1. The van der Waals surface area contributed by atoms with Crippen molar-refractivity contribution in [2.45, 2.75) is 63.5 Å². The fraction of sp³-hybridized carbons (Fsp3) is 0.500. The molecule has 1 fully saturated rings. The maximum atomic E-state index is 15.0. The largest absolute Gasteiger partial charge is 0.493 e. The number of nitrogens with zero attached hydrogens (tertiary/aromatic N) is 3. The molecule has 9 nitrogen and oxygen atoms in total. The third kappa shape index (κ3) is 6.79. The van der Waals surface area contributed by atoms with Crippen LogP contribution in [0.1, 0.15) is 66.1 Å². The lowest BCUT2D eigenvalue weighted by Gasteiger charge is -2.26. The number of aliphatic carboxylic acids is 1. The van der Waals surface area contributed by atoms with Crippen molar-refractivity contribution in [2.75, 3.05) is 38.7 Å². The molecule has 0 amide bonds. The van der Waals surface area contributed by atoms with Crippen LogP contribution in [-0.2, 0) is 28.8 Å². The van der Waals surface area contributed by atoms with Crippen LogP contribution in [0.25, 0.3) is 0 Å². The Kier molecular flexibility index (Phi) is 9.28. The quantitative estimate of drug-likeness (QED) is 0.289. The van der Waals surface area contributed by atoms with Crippen molar-refractivity contribution in [3.8, 4) is 5.75 Å². The van der Waals surface area contributed by atoms with Gasteiger partial charge in [-0.15, -0.1) is 0 Å². The molecule has 3 aromatic rings. The Bertz CT molecular complexity index is 1290. The number of carbonyl (C=O) groups is 1. The number of carboxylic acid groups (broad SMARTS) is 1. The van der Waals surface area contributed by atoms with Gasteiger partial charge < -0.3 is 24.4 Å². The van der Waals surface area contributed by atoms with Crippen LogP contribution in [0, 0.1) is 5.82 Å². The summed E-state index contributed by atoms with van der Waals surface area (Å²) in [6.07, 6.45) is 10.3. The first-order chi connectivity index (χ1) is 19.5. The molecule has 2 aromatic heterocycles. The topological polar surface area (TPSA) is 110 Å². The van der Waals surface area contributed by atoms with Crippen molar-refractivity contribution in [3.05, 3.63) is 70.5 Å².